The van der Waals surface area contributed by atoms with Gasteiger partial charge in [0.2, 0.25) is 0 Å². The van der Waals surface area contributed by atoms with Gasteiger partial charge in [-0.15, -0.1) is 0 Å². The van der Waals surface area contributed by atoms with Crippen LogP contribution in [0.3, 0.4) is 0 Å². The van der Waals surface area contributed by atoms with Crippen LogP contribution in [0.15, 0.2) is 30.3 Å². The van der Waals surface area contributed by atoms with Crippen LogP contribution in [-0.4, -0.2) is 41.3 Å². The second kappa shape index (κ2) is 7.12. The van der Waals surface area contributed by atoms with E-state index in [1.54, 1.807) is 0 Å². The number of aliphatic hydroxyl groups excluding tert-OH is 1. The molecule has 1 aliphatic heterocycles. The summed E-state index contributed by atoms with van der Waals surface area (Å²) in [5, 5.41) is 13.8. The summed E-state index contributed by atoms with van der Waals surface area (Å²) in [7, 11) is 0. The van der Waals surface area contributed by atoms with Crippen LogP contribution in [0, 0.1) is 11.8 Å². The molecule has 0 aromatic heterocycles. The molecule has 0 radical (unpaired) electrons. The highest BCUT2D eigenvalue weighted by Gasteiger charge is 2.37. The van der Waals surface area contributed by atoms with Crippen molar-refractivity contribution in [2.45, 2.75) is 57.8 Å². The van der Waals surface area contributed by atoms with E-state index in [0.29, 0.717) is 12.0 Å². The number of nitrogens with zero attached hydrogens (tertiary/aromatic N) is 1. The minimum Gasteiger partial charge on any atom is -0.393 e. The summed E-state index contributed by atoms with van der Waals surface area (Å²) in [5.74, 6) is 1.28. The number of aliphatic hydroxyl groups is 1. The second-order valence-electron chi connectivity index (χ2n) is 7.48. The molecule has 122 valence electrons. The Hall–Kier alpha value is -0.900. The van der Waals surface area contributed by atoms with Crippen molar-refractivity contribution < 1.29 is 5.11 Å². The van der Waals surface area contributed by atoms with Crippen LogP contribution < -0.4 is 5.32 Å². The van der Waals surface area contributed by atoms with Crippen molar-refractivity contribution in [1.82, 2.24) is 10.2 Å². The van der Waals surface area contributed by atoms with E-state index < -0.39 is 0 Å². The van der Waals surface area contributed by atoms with Crippen molar-refractivity contribution in [2.75, 3.05) is 13.1 Å². The van der Waals surface area contributed by atoms with Crippen LogP contribution >= 0.6 is 0 Å². The molecule has 0 bridgehead atoms. The Morgan fingerprint density at radius 3 is 2.55 bits per heavy atom. The van der Waals surface area contributed by atoms with Crippen molar-refractivity contribution >= 4 is 0 Å². The number of hydrogen-bond acceptors (Lipinski definition) is 3. The van der Waals surface area contributed by atoms with Gasteiger partial charge in [-0.05, 0) is 43.6 Å². The van der Waals surface area contributed by atoms with Gasteiger partial charge in [0, 0.05) is 31.7 Å². The third-order valence-corrected chi connectivity index (χ3v) is 5.50. The van der Waals surface area contributed by atoms with Gasteiger partial charge in [0.15, 0.2) is 0 Å². The molecule has 2 N–H and O–H groups in total. The number of rotatable bonds is 5. The summed E-state index contributed by atoms with van der Waals surface area (Å²) < 4.78 is 0. The van der Waals surface area contributed by atoms with Gasteiger partial charge in [0.05, 0.1) is 6.10 Å². The molecule has 3 heteroatoms. The molecule has 3 rings (SSSR count). The Bertz CT molecular complexity index is 456. The van der Waals surface area contributed by atoms with E-state index in [1.165, 1.54) is 18.4 Å². The molecule has 2 aliphatic rings. The van der Waals surface area contributed by atoms with Gasteiger partial charge in [-0.25, -0.2) is 0 Å². The van der Waals surface area contributed by atoms with Crippen LogP contribution in [-0.2, 0) is 6.54 Å². The Balaban J connectivity index is 1.57. The highest BCUT2D eigenvalue weighted by molar-refractivity contribution is 5.14. The van der Waals surface area contributed by atoms with Crippen molar-refractivity contribution in [3.8, 4) is 0 Å². The predicted octanol–water partition coefficient (Wildman–Crippen LogP) is 2.65. The average Bonchev–Trinajstić information content (AvgIpc) is 2.50. The van der Waals surface area contributed by atoms with E-state index in [1.807, 2.05) is 6.92 Å². The maximum absolute atomic E-state index is 10.1. The smallest absolute Gasteiger partial charge is 0.0553 e. The van der Waals surface area contributed by atoms with Crippen LogP contribution in [0.2, 0.25) is 0 Å². The number of benzene rings is 1. The molecule has 1 aliphatic carbocycles. The van der Waals surface area contributed by atoms with Crippen LogP contribution in [0.4, 0.5) is 0 Å². The summed E-state index contributed by atoms with van der Waals surface area (Å²) in [6.07, 6.45) is 3.54. The van der Waals surface area contributed by atoms with E-state index in [2.05, 4.69) is 47.5 Å². The zero-order valence-corrected chi connectivity index (χ0v) is 13.9. The molecule has 1 aromatic carbocycles. The maximum Gasteiger partial charge on any atom is 0.0553 e. The second-order valence-corrected chi connectivity index (χ2v) is 7.48. The Morgan fingerprint density at radius 1 is 1.18 bits per heavy atom. The minimum atomic E-state index is -0.207. The van der Waals surface area contributed by atoms with E-state index >= 15 is 0 Å². The molecular weight excluding hydrogens is 272 g/mol. The highest BCUT2D eigenvalue weighted by atomic mass is 16.3. The molecule has 1 saturated carbocycles. The summed E-state index contributed by atoms with van der Waals surface area (Å²) in [6.45, 7) is 7.42. The van der Waals surface area contributed by atoms with E-state index in [-0.39, 0.29) is 6.10 Å². The van der Waals surface area contributed by atoms with Gasteiger partial charge >= 0.3 is 0 Å². The fourth-order valence-corrected chi connectivity index (χ4v) is 3.98. The molecule has 3 nitrogen and oxygen atoms in total. The van der Waals surface area contributed by atoms with Gasteiger partial charge < -0.3 is 10.4 Å². The lowest BCUT2D eigenvalue weighted by molar-refractivity contribution is -0.00311. The fourth-order valence-electron chi connectivity index (χ4n) is 3.98. The number of piperidine rings is 1. The largest absolute Gasteiger partial charge is 0.393 e. The van der Waals surface area contributed by atoms with Crippen LogP contribution in [0.5, 0.6) is 0 Å². The first kappa shape index (κ1) is 16.0. The molecule has 3 atom stereocenters. The van der Waals surface area contributed by atoms with Gasteiger partial charge in [-0.2, -0.15) is 0 Å². The Labute approximate surface area is 134 Å². The molecule has 3 unspecified atom stereocenters. The van der Waals surface area contributed by atoms with Gasteiger partial charge in [0.1, 0.15) is 0 Å². The van der Waals surface area contributed by atoms with Gasteiger partial charge in [-0.3, -0.25) is 4.90 Å². The molecule has 22 heavy (non-hydrogen) atoms. The van der Waals surface area contributed by atoms with E-state index in [4.69, 9.17) is 0 Å². The summed E-state index contributed by atoms with van der Waals surface area (Å²) in [5.41, 5.74) is 1.34. The Morgan fingerprint density at radius 2 is 1.91 bits per heavy atom. The summed E-state index contributed by atoms with van der Waals surface area (Å²) in [6, 6.07) is 11.8. The fraction of sp³-hybridized carbons (Fsp3) is 0.684. The Kier molecular flexibility index (Phi) is 5.17. The van der Waals surface area contributed by atoms with E-state index in [9.17, 15) is 5.11 Å². The topological polar surface area (TPSA) is 35.5 Å². The van der Waals surface area contributed by atoms with Crippen LogP contribution in [0.1, 0.15) is 38.7 Å². The molecule has 0 amide bonds. The first-order chi connectivity index (χ1) is 10.6. The first-order valence-electron chi connectivity index (χ1n) is 8.81. The number of likely N-dealkylation sites (tertiary alicyclic amines) is 1. The SMILES string of the molecule is CC1CC(N2CC(NCc3ccccc3)CC(C(C)O)C2)C1. The summed E-state index contributed by atoms with van der Waals surface area (Å²) >= 11 is 0. The number of nitrogens with one attached hydrogen (secondary N) is 1. The maximum atomic E-state index is 10.1. The molecule has 1 aromatic rings. The lowest BCUT2D eigenvalue weighted by Gasteiger charge is -2.48. The van der Waals surface area contributed by atoms with Crippen LogP contribution in [0.25, 0.3) is 0 Å². The normalized spacial score (nSPS) is 34.1. The third kappa shape index (κ3) is 3.89. The van der Waals surface area contributed by atoms with E-state index in [0.717, 1.165) is 38.0 Å². The van der Waals surface area contributed by atoms with Crippen molar-refractivity contribution in [1.29, 1.82) is 0 Å². The van der Waals surface area contributed by atoms with Crippen molar-refractivity contribution in [2.24, 2.45) is 11.8 Å². The van der Waals surface area contributed by atoms with Crippen molar-refractivity contribution in [3.63, 3.8) is 0 Å². The van der Waals surface area contributed by atoms with Gasteiger partial charge in [-0.1, -0.05) is 37.3 Å². The molecule has 0 spiro atoms. The first-order valence-corrected chi connectivity index (χ1v) is 8.81. The minimum absolute atomic E-state index is 0.207. The molecule has 1 saturated heterocycles. The quantitative estimate of drug-likeness (QED) is 0.878. The van der Waals surface area contributed by atoms with Crippen molar-refractivity contribution in [3.05, 3.63) is 35.9 Å². The molecule has 1 heterocycles. The highest BCUT2D eigenvalue weighted by Crippen LogP contribution is 2.34. The summed E-state index contributed by atoms with van der Waals surface area (Å²) in [4.78, 5) is 2.63. The van der Waals surface area contributed by atoms with Gasteiger partial charge in [0.25, 0.3) is 0 Å². The zero-order chi connectivity index (χ0) is 15.5. The molecule has 2 fully saturated rings. The lowest BCUT2D eigenvalue weighted by Crippen LogP contribution is -2.56. The molecular formula is C19H30N2O. The average molecular weight is 302 g/mol. The monoisotopic (exact) mass is 302 g/mol. The standard InChI is InChI=1S/C19H30N2O/c1-14-8-19(9-14)21-12-17(15(2)22)10-18(13-21)20-11-16-6-4-3-5-7-16/h3-7,14-15,17-20,22H,8-13H2,1-2H3. The predicted molar refractivity (Wildman–Crippen MR) is 90.6 cm³/mol. The number of hydrogen-bond donors (Lipinski definition) is 2. The lowest BCUT2D eigenvalue weighted by atomic mass is 9.78. The third-order valence-electron chi connectivity index (χ3n) is 5.50. The zero-order valence-electron chi connectivity index (χ0n) is 13.9.